The summed E-state index contributed by atoms with van der Waals surface area (Å²) >= 11 is 9.72. The van der Waals surface area contributed by atoms with Gasteiger partial charge in [0.05, 0.1) is 18.5 Å². The maximum absolute atomic E-state index is 5.95. The topological polar surface area (TPSA) is 37.8 Å². The summed E-state index contributed by atoms with van der Waals surface area (Å²) in [5.41, 5.74) is 0.990. The molecule has 0 aliphatic carbocycles. The van der Waals surface area contributed by atoms with E-state index in [1.165, 1.54) is 11.3 Å². The van der Waals surface area contributed by atoms with E-state index in [2.05, 4.69) is 44.8 Å². The number of nitrogens with zero attached hydrogens (tertiary/aromatic N) is 2. The molecule has 0 saturated carbocycles. The fourth-order valence-corrected chi connectivity index (χ4v) is 2.87. The first-order valence-corrected chi connectivity index (χ1v) is 7.93. The summed E-state index contributed by atoms with van der Waals surface area (Å²) in [6.45, 7) is 5.05. The van der Waals surface area contributed by atoms with Crippen LogP contribution in [0, 0.1) is 10.5 Å². The van der Waals surface area contributed by atoms with Crippen molar-refractivity contribution in [2.75, 3.05) is 11.9 Å². The van der Waals surface area contributed by atoms with Crippen molar-refractivity contribution in [3.8, 4) is 10.7 Å². The molecule has 2 heterocycles. The molecule has 2 rings (SSSR count). The Morgan fingerprint density at radius 1 is 1.39 bits per heavy atom. The van der Waals surface area contributed by atoms with E-state index in [1.54, 1.807) is 0 Å². The fraction of sp³-hybridized carbons (Fsp3) is 0.333. The Balaban J connectivity index is 2.40. The second kappa shape index (κ2) is 6.16. The van der Waals surface area contributed by atoms with Crippen molar-refractivity contribution in [3.63, 3.8) is 0 Å². The van der Waals surface area contributed by atoms with Crippen molar-refractivity contribution >= 4 is 51.3 Å². The minimum atomic E-state index is 0.739. The highest BCUT2D eigenvalue weighted by Gasteiger charge is 2.11. The molecular formula is C12H13ClIN3S. The third kappa shape index (κ3) is 3.13. The van der Waals surface area contributed by atoms with E-state index in [0.29, 0.717) is 0 Å². The summed E-state index contributed by atoms with van der Waals surface area (Å²) in [5, 5.41) is 3.33. The maximum Gasteiger partial charge on any atom is 0.171 e. The van der Waals surface area contributed by atoms with E-state index in [4.69, 9.17) is 11.6 Å². The monoisotopic (exact) mass is 393 g/mol. The van der Waals surface area contributed by atoms with Gasteiger partial charge in [0.15, 0.2) is 5.82 Å². The van der Waals surface area contributed by atoms with Gasteiger partial charge in [-0.2, -0.15) is 0 Å². The molecule has 0 radical (unpaired) electrons. The van der Waals surface area contributed by atoms with E-state index >= 15 is 0 Å². The van der Waals surface area contributed by atoms with Crippen LogP contribution in [0.1, 0.15) is 19.0 Å². The minimum absolute atomic E-state index is 0.739. The zero-order valence-corrected chi connectivity index (χ0v) is 13.9. The van der Waals surface area contributed by atoms with Crippen molar-refractivity contribution in [1.29, 1.82) is 0 Å². The standard InChI is InChI=1S/C12H13ClIN3S/c1-3-6-15-12-10(14)7(2)16-11(17-12)8-4-5-9(13)18-8/h4-5H,3,6H2,1-2H3,(H,15,16,17). The van der Waals surface area contributed by atoms with Crippen LogP contribution in [0.4, 0.5) is 5.82 Å². The number of aryl methyl sites for hydroxylation is 1. The third-order valence-corrected chi connectivity index (χ3v) is 4.87. The fourth-order valence-electron chi connectivity index (χ4n) is 1.46. The number of anilines is 1. The Morgan fingerprint density at radius 3 is 2.78 bits per heavy atom. The van der Waals surface area contributed by atoms with Gasteiger partial charge in [0, 0.05) is 6.54 Å². The molecule has 0 spiro atoms. The summed E-state index contributed by atoms with van der Waals surface area (Å²) in [7, 11) is 0. The van der Waals surface area contributed by atoms with Gasteiger partial charge in [0.2, 0.25) is 0 Å². The van der Waals surface area contributed by atoms with Gasteiger partial charge in [0.25, 0.3) is 0 Å². The summed E-state index contributed by atoms with van der Waals surface area (Å²) < 4.78 is 1.83. The van der Waals surface area contributed by atoms with Gasteiger partial charge in [-0.05, 0) is 48.1 Å². The molecule has 0 bridgehead atoms. The molecule has 0 unspecified atom stereocenters. The number of halogens is 2. The van der Waals surface area contributed by atoms with E-state index in [0.717, 1.165) is 43.1 Å². The van der Waals surface area contributed by atoms with Crippen LogP contribution in [-0.2, 0) is 0 Å². The number of rotatable bonds is 4. The van der Waals surface area contributed by atoms with E-state index in [9.17, 15) is 0 Å². The van der Waals surface area contributed by atoms with Crippen LogP contribution in [0.25, 0.3) is 10.7 Å². The van der Waals surface area contributed by atoms with Gasteiger partial charge in [-0.25, -0.2) is 9.97 Å². The van der Waals surface area contributed by atoms with Gasteiger partial charge in [-0.3, -0.25) is 0 Å². The molecule has 0 aromatic carbocycles. The van der Waals surface area contributed by atoms with Gasteiger partial charge < -0.3 is 5.32 Å². The zero-order valence-electron chi connectivity index (χ0n) is 10.1. The minimum Gasteiger partial charge on any atom is -0.369 e. The SMILES string of the molecule is CCCNc1nc(-c2ccc(Cl)s2)nc(C)c1I. The molecule has 0 saturated heterocycles. The third-order valence-electron chi connectivity index (χ3n) is 2.35. The lowest BCUT2D eigenvalue weighted by atomic mass is 10.3. The Labute approximate surface area is 129 Å². The van der Waals surface area contributed by atoms with Crippen molar-refractivity contribution in [2.45, 2.75) is 20.3 Å². The second-order valence-electron chi connectivity index (χ2n) is 3.83. The summed E-state index contributed by atoms with van der Waals surface area (Å²) in [6, 6.07) is 3.83. The Hall–Kier alpha value is -0.400. The normalized spacial score (nSPS) is 10.7. The van der Waals surface area contributed by atoms with Crippen LogP contribution in [0.3, 0.4) is 0 Å². The molecule has 0 aliphatic heterocycles. The Morgan fingerprint density at radius 2 is 2.17 bits per heavy atom. The Bertz CT molecular complexity index is 556. The zero-order chi connectivity index (χ0) is 13.1. The van der Waals surface area contributed by atoms with Crippen LogP contribution in [0.2, 0.25) is 4.34 Å². The highest BCUT2D eigenvalue weighted by atomic mass is 127. The van der Waals surface area contributed by atoms with E-state index in [1.807, 2.05) is 19.1 Å². The Kier molecular flexibility index (Phi) is 4.80. The smallest absolute Gasteiger partial charge is 0.171 e. The lowest BCUT2D eigenvalue weighted by molar-refractivity contribution is 0.959. The predicted octanol–water partition coefficient (Wildman–Crippen LogP) is 4.59. The van der Waals surface area contributed by atoms with E-state index < -0.39 is 0 Å². The predicted molar refractivity (Wildman–Crippen MR) is 86.6 cm³/mol. The lowest BCUT2D eigenvalue weighted by Gasteiger charge is -2.09. The molecule has 0 atom stereocenters. The largest absolute Gasteiger partial charge is 0.369 e. The van der Waals surface area contributed by atoms with Gasteiger partial charge >= 0.3 is 0 Å². The number of aromatic nitrogens is 2. The highest BCUT2D eigenvalue weighted by Crippen LogP contribution is 2.30. The number of hydrogen-bond donors (Lipinski definition) is 1. The maximum atomic E-state index is 5.95. The van der Waals surface area contributed by atoms with Crippen molar-refractivity contribution in [3.05, 3.63) is 25.7 Å². The first-order chi connectivity index (χ1) is 8.61. The van der Waals surface area contributed by atoms with Crippen LogP contribution in [0.5, 0.6) is 0 Å². The molecule has 96 valence electrons. The quantitative estimate of drug-likeness (QED) is 0.772. The van der Waals surface area contributed by atoms with Crippen molar-refractivity contribution < 1.29 is 0 Å². The van der Waals surface area contributed by atoms with Crippen LogP contribution in [0.15, 0.2) is 12.1 Å². The highest BCUT2D eigenvalue weighted by molar-refractivity contribution is 14.1. The molecule has 3 nitrogen and oxygen atoms in total. The first kappa shape index (κ1) is 14.0. The van der Waals surface area contributed by atoms with Crippen LogP contribution in [-0.4, -0.2) is 16.5 Å². The molecule has 6 heteroatoms. The average molecular weight is 394 g/mol. The summed E-state index contributed by atoms with van der Waals surface area (Å²) in [6.07, 6.45) is 1.07. The van der Waals surface area contributed by atoms with Gasteiger partial charge in [-0.15, -0.1) is 11.3 Å². The number of nitrogens with one attached hydrogen (secondary N) is 1. The summed E-state index contributed by atoms with van der Waals surface area (Å²) in [5.74, 6) is 1.65. The number of hydrogen-bond acceptors (Lipinski definition) is 4. The van der Waals surface area contributed by atoms with Crippen molar-refractivity contribution in [2.24, 2.45) is 0 Å². The van der Waals surface area contributed by atoms with Crippen LogP contribution >= 0.6 is 45.5 Å². The molecule has 2 aromatic heterocycles. The van der Waals surface area contributed by atoms with Crippen molar-refractivity contribution in [1.82, 2.24) is 9.97 Å². The van der Waals surface area contributed by atoms with Gasteiger partial charge in [0.1, 0.15) is 5.82 Å². The van der Waals surface area contributed by atoms with Crippen LogP contribution < -0.4 is 5.32 Å². The number of thiophene rings is 1. The molecule has 18 heavy (non-hydrogen) atoms. The summed E-state index contributed by atoms with van der Waals surface area (Å²) in [4.78, 5) is 10.1. The lowest BCUT2D eigenvalue weighted by Crippen LogP contribution is -2.07. The average Bonchev–Trinajstić information content (AvgIpc) is 2.77. The van der Waals surface area contributed by atoms with Gasteiger partial charge in [-0.1, -0.05) is 18.5 Å². The molecule has 0 amide bonds. The molecule has 0 fully saturated rings. The molecule has 2 aromatic rings. The van der Waals surface area contributed by atoms with E-state index in [-0.39, 0.29) is 0 Å². The first-order valence-electron chi connectivity index (χ1n) is 5.65. The molecule has 1 N–H and O–H groups in total. The molecular weight excluding hydrogens is 381 g/mol. The molecule has 0 aliphatic rings. The second-order valence-corrected chi connectivity index (χ2v) is 6.62.